The Hall–Kier alpha value is 0.220. The third-order valence-electron chi connectivity index (χ3n) is 2.07. The van der Waals surface area contributed by atoms with Crippen LogP contribution in [0.3, 0.4) is 0 Å². The Morgan fingerprint density at radius 2 is 2.30 bits per heavy atom. The van der Waals surface area contributed by atoms with E-state index >= 15 is 0 Å². The molecule has 1 rings (SSSR count). The molecule has 0 saturated heterocycles. The summed E-state index contributed by atoms with van der Waals surface area (Å²) in [5.74, 6) is 1.08. The first-order chi connectivity index (χ1) is 4.83. The summed E-state index contributed by atoms with van der Waals surface area (Å²) in [6.45, 7) is 2.23. The molecule has 0 heterocycles. The van der Waals surface area contributed by atoms with Gasteiger partial charge in [0.15, 0.2) is 0 Å². The smallest absolute Gasteiger partial charge is 0.0214 e. The highest BCUT2D eigenvalue weighted by Gasteiger charge is 2.20. The van der Waals surface area contributed by atoms with E-state index in [-0.39, 0.29) is 0 Å². The maximum Gasteiger partial charge on any atom is 0.0214 e. The predicted octanol–water partition coefficient (Wildman–Crippen LogP) is 3.52. The van der Waals surface area contributed by atoms with Crippen molar-refractivity contribution in [2.45, 2.75) is 32.6 Å². The number of rotatable bonds is 4. The molecule has 0 atom stereocenters. The summed E-state index contributed by atoms with van der Waals surface area (Å²) in [6.07, 6.45) is 7.98. The molecule has 10 heavy (non-hydrogen) atoms. The fourth-order valence-corrected chi connectivity index (χ4v) is 1.62. The summed E-state index contributed by atoms with van der Waals surface area (Å²) in [5, 5.41) is 1.02. The fourth-order valence-electron chi connectivity index (χ4n) is 1.07. The summed E-state index contributed by atoms with van der Waals surface area (Å²) in [6, 6.07) is 0. The van der Waals surface area contributed by atoms with Crippen molar-refractivity contribution in [3.05, 3.63) is 11.6 Å². The first-order valence-corrected chi connectivity index (χ1v) is 5.16. The Labute approximate surface area is 71.8 Å². The van der Waals surface area contributed by atoms with Gasteiger partial charge >= 0.3 is 0 Å². The Kier molecular flexibility index (Phi) is 3.47. The average molecular weight is 203 g/mol. The van der Waals surface area contributed by atoms with Crippen LogP contribution in [-0.2, 0) is 0 Å². The third kappa shape index (κ3) is 3.40. The van der Waals surface area contributed by atoms with E-state index in [0.29, 0.717) is 0 Å². The van der Waals surface area contributed by atoms with Crippen LogP contribution in [0.1, 0.15) is 32.6 Å². The van der Waals surface area contributed by atoms with Gasteiger partial charge in [0.1, 0.15) is 0 Å². The van der Waals surface area contributed by atoms with Crippen molar-refractivity contribution in [1.82, 2.24) is 0 Å². The number of hydrogen-bond acceptors (Lipinski definition) is 0. The first kappa shape index (κ1) is 8.32. The molecule has 58 valence electrons. The third-order valence-corrected chi connectivity index (χ3v) is 2.39. The molecule has 0 spiro atoms. The Bertz CT molecular complexity index is 123. The van der Waals surface area contributed by atoms with Gasteiger partial charge in [0, 0.05) is 5.33 Å². The second-order valence-corrected chi connectivity index (χ2v) is 3.83. The van der Waals surface area contributed by atoms with Crippen LogP contribution >= 0.6 is 15.9 Å². The quantitative estimate of drug-likeness (QED) is 0.484. The molecule has 1 fully saturated rings. The lowest BCUT2D eigenvalue weighted by Crippen LogP contribution is -1.80. The molecule has 1 saturated carbocycles. The van der Waals surface area contributed by atoms with Gasteiger partial charge in [0.05, 0.1) is 0 Å². The topological polar surface area (TPSA) is 0 Å². The Morgan fingerprint density at radius 1 is 1.60 bits per heavy atom. The first-order valence-electron chi connectivity index (χ1n) is 4.04. The van der Waals surface area contributed by atoms with E-state index in [1.165, 1.54) is 25.7 Å². The molecule has 0 radical (unpaired) electrons. The molecular formula is C9H15Br. The molecule has 1 heteroatoms. The lowest BCUT2D eigenvalue weighted by molar-refractivity contribution is 0.721. The summed E-state index contributed by atoms with van der Waals surface area (Å²) in [4.78, 5) is 0. The van der Waals surface area contributed by atoms with Crippen LogP contribution in [0.5, 0.6) is 0 Å². The van der Waals surface area contributed by atoms with Crippen molar-refractivity contribution in [3.63, 3.8) is 0 Å². The minimum Gasteiger partial charge on any atom is -0.0883 e. The maximum absolute atomic E-state index is 3.40. The second kappa shape index (κ2) is 4.17. The molecule has 0 amide bonds. The monoisotopic (exact) mass is 202 g/mol. The van der Waals surface area contributed by atoms with E-state index in [4.69, 9.17) is 0 Å². The molecule has 0 aliphatic heterocycles. The van der Waals surface area contributed by atoms with Crippen molar-refractivity contribution >= 4 is 15.9 Å². The highest BCUT2D eigenvalue weighted by Crippen LogP contribution is 2.34. The molecule has 1 aliphatic carbocycles. The van der Waals surface area contributed by atoms with Crippen LogP contribution in [0, 0.1) is 5.92 Å². The SMILES string of the molecule is C/C(=C\CBr)CCC1CC1. The van der Waals surface area contributed by atoms with Gasteiger partial charge in [0.2, 0.25) is 0 Å². The molecule has 0 N–H and O–H groups in total. The minimum absolute atomic E-state index is 1.02. The average Bonchev–Trinajstić information content (AvgIpc) is 2.67. The summed E-state index contributed by atoms with van der Waals surface area (Å²) < 4.78 is 0. The maximum atomic E-state index is 3.40. The van der Waals surface area contributed by atoms with Crippen LogP contribution in [0.15, 0.2) is 11.6 Å². The normalized spacial score (nSPS) is 19.6. The molecule has 0 aromatic rings. The molecule has 0 bridgehead atoms. The van der Waals surface area contributed by atoms with Gasteiger partial charge in [-0.25, -0.2) is 0 Å². The van der Waals surface area contributed by atoms with E-state index in [0.717, 1.165) is 11.2 Å². The summed E-state index contributed by atoms with van der Waals surface area (Å²) >= 11 is 3.40. The van der Waals surface area contributed by atoms with E-state index in [1.807, 2.05) is 0 Å². The van der Waals surface area contributed by atoms with E-state index in [2.05, 4.69) is 28.9 Å². The highest BCUT2D eigenvalue weighted by atomic mass is 79.9. The van der Waals surface area contributed by atoms with Gasteiger partial charge in [0.25, 0.3) is 0 Å². The fraction of sp³-hybridized carbons (Fsp3) is 0.778. The lowest BCUT2D eigenvalue weighted by atomic mass is 10.1. The van der Waals surface area contributed by atoms with Crippen molar-refractivity contribution in [3.8, 4) is 0 Å². The van der Waals surface area contributed by atoms with Crippen molar-refractivity contribution in [2.75, 3.05) is 5.33 Å². The van der Waals surface area contributed by atoms with Crippen molar-refractivity contribution in [2.24, 2.45) is 5.92 Å². The van der Waals surface area contributed by atoms with Crippen LogP contribution in [0.2, 0.25) is 0 Å². The molecule has 0 aromatic heterocycles. The number of allylic oxidation sites excluding steroid dienone is 2. The molecular weight excluding hydrogens is 188 g/mol. The van der Waals surface area contributed by atoms with E-state index in [1.54, 1.807) is 5.57 Å². The predicted molar refractivity (Wildman–Crippen MR) is 49.5 cm³/mol. The van der Waals surface area contributed by atoms with Gasteiger partial charge in [-0.15, -0.1) is 0 Å². The van der Waals surface area contributed by atoms with Crippen LogP contribution < -0.4 is 0 Å². The molecule has 0 aromatic carbocycles. The van der Waals surface area contributed by atoms with Crippen LogP contribution in [0.25, 0.3) is 0 Å². The molecule has 0 nitrogen and oxygen atoms in total. The van der Waals surface area contributed by atoms with Gasteiger partial charge in [-0.05, 0) is 25.7 Å². The lowest BCUT2D eigenvalue weighted by Gasteiger charge is -1.97. The standard InChI is InChI=1S/C9H15Br/c1-8(6-7-10)2-3-9-4-5-9/h6,9H,2-5,7H2,1H3/b8-6+. The van der Waals surface area contributed by atoms with Crippen molar-refractivity contribution < 1.29 is 0 Å². The largest absolute Gasteiger partial charge is 0.0883 e. The second-order valence-electron chi connectivity index (χ2n) is 3.19. The van der Waals surface area contributed by atoms with Crippen LogP contribution in [-0.4, -0.2) is 5.33 Å². The zero-order valence-corrected chi connectivity index (χ0v) is 8.15. The number of alkyl halides is 1. The Balaban J connectivity index is 2.04. The van der Waals surface area contributed by atoms with Crippen LogP contribution in [0.4, 0.5) is 0 Å². The summed E-state index contributed by atoms with van der Waals surface area (Å²) in [5.41, 5.74) is 1.55. The zero-order chi connectivity index (χ0) is 7.40. The van der Waals surface area contributed by atoms with Gasteiger partial charge < -0.3 is 0 Å². The van der Waals surface area contributed by atoms with E-state index in [9.17, 15) is 0 Å². The highest BCUT2D eigenvalue weighted by molar-refractivity contribution is 9.09. The van der Waals surface area contributed by atoms with E-state index < -0.39 is 0 Å². The molecule has 0 unspecified atom stereocenters. The molecule has 1 aliphatic rings. The summed E-state index contributed by atoms with van der Waals surface area (Å²) in [7, 11) is 0. The number of hydrogen-bond donors (Lipinski definition) is 0. The van der Waals surface area contributed by atoms with Gasteiger partial charge in [-0.1, -0.05) is 40.4 Å². The van der Waals surface area contributed by atoms with Gasteiger partial charge in [-0.2, -0.15) is 0 Å². The zero-order valence-electron chi connectivity index (χ0n) is 6.57. The van der Waals surface area contributed by atoms with Gasteiger partial charge in [-0.3, -0.25) is 0 Å². The minimum atomic E-state index is 1.02. The number of halogens is 1. The van der Waals surface area contributed by atoms with Crippen molar-refractivity contribution in [1.29, 1.82) is 0 Å². The Morgan fingerprint density at radius 3 is 2.80 bits per heavy atom.